The molecule has 0 unspecified atom stereocenters. The van der Waals surface area contributed by atoms with E-state index in [1.165, 1.54) is 17.5 Å². The molecule has 3 aromatic rings. The molecule has 2 aromatic heterocycles. The summed E-state index contributed by atoms with van der Waals surface area (Å²) in [6.07, 6.45) is -0.284. The molecule has 0 N–H and O–H groups in total. The molecular weight excluding hydrogens is 388 g/mol. The summed E-state index contributed by atoms with van der Waals surface area (Å²) in [5.74, 6) is -0.196. The Morgan fingerprint density at radius 3 is 2.74 bits per heavy atom. The van der Waals surface area contributed by atoms with E-state index in [9.17, 15) is 13.2 Å². The molecule has 0 radical (unpaired) electrons. The molecule has 3 heterocycles. The van der Waals surface area contributed by atoms with Crippen LogP contribution in [0, 0.1) is 0 Å². The highest BCUT2D eigenvalue weighted by Gasteiger charge is 2.40. The van der Waals surface area contributed by atoms with Crippen LogP contribution < -0.4 is 4.74 Å². The zero-order valence-corrected chi connectivity index (χ0v) is 16.0. The van der Waals surface area contributed by atoms with Gasteiger partial charge in [-0.3, -0.25) is 0 Å². The summed E-state index contributed by atoms with van der Waals surface area (Å²) in [7, 11) is -2.54. The number of pyridine rings is 1. The van der Waals surface area contributed by atoms with Crippen molar-refractivity contribution in [3.8, 4) is 5.88 Å². The van der Waals surface area contributed by atoms with E-state index in [0.717, 1.165) is 22.2 Å². The number of thiophene rings is 1. The summed E-state index contributed by atoms with van der Waals surface area (Å²) < 4.78 is 37.2. The number of para-hydroxylation sites is 1. The van der Waals surface area contributed by atoms with E-state index in [1.807, 2.05) is 30.3 Å². The van der Waals surface area contributed by atoms with Crippen molar-refractivity contribution in [2.75, 3.05) is 20.2 Å². The quantitative estimate of drug-likeness (QED) is 0.608. The van der Waals surface area contributed by atoms with Crippen molar-refractivity contribution in [3.63, 3.8) is 0 Å². The first-order chi connectivity index (χ1) is 13.0. The Hall–Kier alpha value is -2.49. The molecule has 0 amide bonds. The standard InChI is InChI=1S/C18H16N2O5S2/c1-24-18(21)17-15(8-9-26-17)27(22,23)20-10-13(11-20)25-16-7-6-12-4-2-3-5-14(12)19-16/h2-9,13H,10-11H2,1H3. The van der Waals surface area contributed by atoms with Gasteiger partial charge in [-0.15, -0.1) is 11.3 Å². The first kappa shape index (κ1) is 17.9. The van der Waals surface area contributed by atoms with Gasteiger partial charge < -0.3 is 9.47 Å². The largest absolute Gasteiger partial charge is 0.472 e. The van der Waals surface area contributed by atoms with E-state index in [1.54, 1.807) is 11.4 Å². The Balaban J connectivity index is 1.45. The molecule has 0 atom stereocenters. The number of carbonyl (C=O) groups excluding carboxylic acids is 1. The van der Waals surface area contributed by atoms with E-state index >= 15 is 0 Å². The number of esters is 1. The van der Waals surface area contributed by atoms with Gasteiger partial charge in [-0.05, 0) is 23.6 Å². The minimum absolute atomic E-state index is 0.0263. The van der Waals surface area contributed by atoms with Crippen LogP contribution in [-0.2, 0) is 14.8 Å². The molecule has 7 nitrogen and oxygen atoms in total. The SMILES string of the molecule is COC(=O)c1sccc1S(=O)(=O)N1CC(Oc2ccc3ccccc3n2)C1. The summed E-state index contributed by atoms with van der Waals surface area (Å²) in [5.41, 5.74) is 0.819. The van der Waals surface area contributed by atoms with Gasteiger partial charge in [0.05, 0.1) is 25.7 Å². The van der Waals surface area contributed by atoms with Gasteiger partial charge in [0.15, 0.2) is 0 Å². The maximum absolute atomic E-state index is 12.7. The third-order valence-electron chi connectivity index (χ3n) is 4.29. The number of hydrogen-bond donors (Lipinski definition) is 0. The van der Waals surface area contributed by atoms with Crippen LogP contribution in [0.1, 0.15) is 9.67 Å². The number of rotatable bonds is 5. The number of fused-ring (bicyclic) bond motifs is 1. The van der Waals surface area contributed by atoms with Crippen LogP contribution in [0.4, 0.5) is 0 Å². The maximum Gasteiger partial charge on any atom is 0.349 e. The van der Waals surface area contributed by atoms with E-state index in [4.69, 9.17) is 4.74 Å². The van der Waals surface area contributed by atoms with Crippen molar-refractivity contribution in [1.82, 2.24) is 9.29 Å². The molecule has 0 spiro atoms. The summed E-state index contributed by atoms with van der Waals surface area (Å²) in [6, 6.07) is 12.8. The molecule has 27 heavy (non-hydrogen) atoms. The molecule has 0 aliphatic carbocycles. The van der Waals surface area contributed by atoms with Gasteiger partial charge in [-0.25, -0.2) is 18.2 Å². The first-order valence-corrected chi connectivity index (χ1v) is 10.5. The smallest absolute Gasteiger partial charge is 0.349 e. The zero-order valence-electron chi connectivity index (χ0n) is 14.4. The fourth-order valence-corrected chi connectivity index (χ4v) is 5.65. The van der Waals surface area contributed by atoms with Crippen molar-refractivity contribution in [1.29, 1.82) is 0 Å². The van der Waals surface area contributed by atoms with Crippen molar-refractivity contribution in [3.05, 3.63) is 52.7 Å². The third kappa shape index (κ3) is 3.29. The zero-order chi connectivity index (χ0) is 19.0. The van der Waals surface area contributed by atoms with Crippen molar-refractivity contribution in [2.45, 2.75) is 11.0 Å². The molecule has 1 aliphatic rings. The minimum Gasteiger partial charge on any atom is -0.472 e. The second kappa shape index (κ2) is 6.91. The van der Waals surface area contributed by atoms with E-state index in [-0.39, 0.29) is 29.0 Å². The van der Waals surface area contributed by atoms with Crippen LogP contribution in [0.3, 0.4) is 0 Å². The average molecular weight is 404 g/mol. The fourth-order valence-electron chi connectivity index (χ4n) is 2.84. The lowest BCUT2D eigenvalue weighted by Gasteiger charge is -2.37. The number of aromatic nitrogens is 1. The molecule has 0 saturated carbocycles. The van der Waals surface area contributed by atoms with Crippen LogP contribution in [0.15, 0.2) is 52.7 Å². The molecule has 0 bridgehead atoms. The van der Waals surface area contributed by atoms with E-state index in [0.29, 0.717) is 5.88 Å². The van der Waals surface area contributed by atoms with E-state index in [2.05, 4.69) is 9.72 Å². The Kier molecular flexibility index (Phi) is 4.58. The van der Waals surface area contributed by atoms with Crippen LogP contribution in [0.5, 0.6) is 5.88 Å². The number of nitrogens with zero attached hydrogens (tertiary/aromatic N) is 2. The average Bonchev–Trinajstić information content (AvgIpc) is 3.14. The van der Waals surface area contributed by atoms with E-state index < -0.39 is 16.0 Å². The summed E-state index contributed by atoms with van der Waals surface area (Å²) >= 11 is 1.04. The Morgan fingerprint density at radius 2 is 1.96 bits per heavy atom. The van der Waals surface area contributed by atoms with Gasteiger partial charge in [0, 0.05) is 11.5 Å². The van der Waals surface area contributed by atoms with Crippen LogP contribution in [0.2, 0.25) is 0 Å². The Morgan fingerprint density at radius 1 is 1.19 bits per heavy atom. The highest BCUT2D eigenvalue weighted by Crippen LogP contribution is 2.30. The lowest BCUT2D eigenvalue weighted by molar-refractivity contribution is 0.0600. The molecule has 9 heteroatoms. The van der Waals surface area contributed by atoms with Gasteiger partial charge >= 0.3 is 5.97 Å². The first-order valence-electron chi connectivity index (χ1n) is 8.17. The molecule has 140 valence electrons. The van der Waals surface area contributed by atoms with Gasteiger partial charge in [0.2, 0.25) is 15.9 Å². The van der Waals surface area contributed by atoms with Crippen molar-refractivity contribution in [2.24, 2.45) is 0 Å². The van der Waals surface area contributed by atoms with Crippen LogP contribution >= 0.6 is 11.3 Å². The summed E-state index contributed by atoms with van der Waals surface area (Å²) in [6.45, 7) is 0.403. The number of sulfonamides is 1. The molecule has 1 saturated heterocycles. The number of ether oxygens (including phenoxy) is 2. The van der Waals surface area contributed by atoms with Crippen molar-refractivity contribution < 1.29 is 22.7 Å². The number of methoxy groups -OCH3 is 1. The molecule has 1 aliphatic heterocycles. The second-order valence-corrected chi connectivity index (χ2v) is 8.83. The highest BCUT2D eigenvalue weighted by atomic mass is 32.2. The highest BCUT2D eigenvalue weighted by molar-refractivity contribution is 7.89. The molecule has 1 fully saturated rings. The van der Waals surface area contributed by atoms with Crippen LogP contribution in [-0.4, -0.2) is 50.0 Å². The van der Waals surface area contributed by atoms with Gasteiger partial charge in [-0.1, -0.05) is 18.2 Å². The summed E-state index contributed by atoms with van der Waals surface area (Å²) in [4.78, 5) is 16.2. The predicted molar refractivity (Wildman–Crippen MR) is 101 cm³/mol. The van der Waals surface area contributed by atoms with Gasteiger partial charge in [0.1, 0.15) is 15.9 Å². The minimum atomic E-state index is -3.76. The second-order valence-electron chi connectivity index (χ2n) is 6.01. The van der Waals surface area contributed by atoms with Crippen molar-refractivity contribution >= 4 is 38.2 Å². The summed E-state index contributed by atoms with van der Waals surface area (Å²) in [5, 5.41) is 2.57. The van der Waals surface area contributed by atoms with Gasteiger partial charge in [0.25, 0.3) is 0 Å². The number of hydrogen-bond acceptors (Lipinski definition) is 7. The number of carbonyl (C=O) groups is 1. The molecule has 4 rings (SSSR count). The third-order valence-corrected chi connectivity index (χ3v) is 7.19. The monoisotopic (exact) mass is 404 g/mol. The Labute approximate surface area is 160 Å². The number of benzene rings is 1. The molecular formula is C18H16N2O5S2. The van der Waals surface area contributed by atoms with Gasteiger partial charge in [-0.2, -0.15) is 4.31 Å². The topological polar surface area (TPSA) is 85.8 Å². The maximum atomic E-state index is 12.7. The lowest BCUT2D eigenvalue weighted by atomic mass is 10.2. The fraction of sp³-hybridized carbons (Fsp3) is 0.222. The predicted octanol–water partition coefficient (Wildman–Crippen LogP) is 2.53. The van der Waals surface area contributed by atoms with Crippen LogP contribution in [0.25, 0.3) is 10.9 Å². The normalized spacial score (nSPS) is 15.4. The molecule has 1 aromatic carbocycles. The lowest BCUT2D eigenvalue weighted by Crippen LogP contribution is -2.56. The Bertz CT molecular complexity index is 1100.